The standard InChI is InChI=1S/C20H25N3O3S/c1-4-17-15-8-10-27-19(15)7-9-23(17)12-20(25)22-16-11-14(21-13(2)24)5-6-18(16)26-3/h5-6,8,10-11,17H,4,7,9,12H2,1-3H3,(H,21,24)(H,22,25). The first kappa shape index (κ1) is 19.4. The van der Waals surface area contributed by atoms with Crippen LogP contribution in [0.15, 0.2) is 29.6 Å². The van der Waals surface area contributed by atoms with Gasteiger partial charge in [-0.1, -0.05) is 6.92 Å². The highest BCUT2D eigenvalue weighted by atomic mass is 32.1. The molecule has 1 unspecified atom stereocenters. The molecule has 144 valence electrons. The minimum atomic E-state index is -0.164. The number of thiophene rings is 1. The predicted octanol–water partition coefficient (Wildman–Crippen LogP) is 3.66. The van der Waals surface area contributed by atoms with Crippen LogP contribution < -0.4 is 15.4 Å². The quantitative estimate of drug-likeness (QED) is 0.794. The highest BCUT2D eigenvalue weighted by Crippen LogP contribution is 2.35. The number of rotatable bonds is 6. The number of hydrogen-bond acceptors (Lipinski definition) is 5. The number of carbonyl (C=O) groups excluding carboxylic acids is 2. The lowest BCUT2D eigenvalue weighted by Gasteiger charge is -2.34. The minimum absolute atomic E-state index is 0.0922. The maximum atomic E-state index is 12.7. The van der Waals surface area contributed by atoms with Crippen molar-refractivity contribution in [3.8, 4) is 5.75 Å². The van der Waals surface area contributed by atoms with Gasteiger partial charge in [-0.3, -0.25) is 14.5 Å². The van der Waals surface area contributed by atoms with Crippen LogP contribution >= 0.6 is 11.3 Å². The second-order valence-electron chi connectivity index (χ2n) is 6.59. The Bertz CT molecular complexity index is 834. The van der Waals surface area contributed by atoms with E-state index in [1.165, 1.54) is 17.4 Å². The second-order valence-corrected chi connectivity index (χ2v) is 7.59. The SMILES string of the molecule is CCC1c2ccsc2CCN1CC(=O)Nc1cc(NC(C)=O)ccc1OC. The van der Waals surface area contributed by atoms with E-state index in [2.05, 4.69) is 33.9 Å². The minimum Gasteiger partial charge on any atom is -0.495 e. The van der Waals surface area contributed by atoms with Crippen molar-refractivity contribution in [2.75, 3.05) is 30.8 Å². The number of methoxy groups -OCH3 is 1. The molecule has 1 aliphatic heterocycles. The van der Waals surface area contributed by atoms with Crippen molar-refractivity contribution >= 4 is 34.5 Å². The van der Waals surface area contributed by atoms with E-state index in [4.69, 9.17) is 4.74 Å². The van der Waals surface area contributed by atoms with Crippen molar-refractivity contribution in [3.63, 3.8) is 0 Å². The summed E-state index contributed by atoms with van der Waals surface area (Å²) < 4.78 is 5.33. The van der Waals surface area contributed by atoms with Crippen LogP contribution in [-0.4, -0.2) is 36.9 Å². The first-order chi connectivity index (χ1) is 13.0. The Hall–Kier alpha value is -2.38. The van der Waals surface area contributed by atoms with Crippen molar-refractivity contribution in [1.82, 2.24) is 4.90 Å². The van der Waals surface area contributed by atoms with E-state index in [-0.39, 0.29) is 17.9 Å². The van der Waals surface area contributed by atoms with Gasteiger partial charge in [-0.15, -0.1) is 11.3 Å². The highest BCUT2D eigenvalue weighted by molar-refractivity contribution is 7.10. The Labute approximate surface area is 163 Å². The van der Waals surface area contributed by atoms with Crippen LogP contribution in [0.4, 0.5) is 11.4 Å². The number of anilines is 2. The molecule has 2 N–H and O–H groups in total. The van der Waals surface area contributed by atoms with E-state index < -0.39 is 0 Å². The molecule has 1 atom stereocenters. The van der Waals surface area contributed by atoms with Crippen LogP contribution in [0.2, 0.25) is 0 Å². The van der Waals surface area contributed by atoms with Gasteiger partial charge in [-0.05, 0) is 48.1 Å². The van der Waals surface area contributed by atoms with Crippen molar-refractivity contribution in [1.29, 1.82) is 0 Å². The van der Waals surface area contributed by atoms with E-state index in [0.717, 1.165) is 19.4 Å². The molecule has 0 saturated heterocycles. The smallest absolute Gasteiger partial charge is 0.238 e. The summed E-state index contributed by atoms with van der Waals surface area (Å²) >= 11 is 1.80. The number of fused-ring (bicyclic) bond motifs is 1. The maximum absolute atomic E-state index is 12.7. The number of carbonyl (C=O) groups is 2. The average Bonchev–Trinajstić information content (AvgIpc) is 3.10. The Morgan fingerprint density at radius 3 is 2.81 bits per heavy atom. The normalized spacial score (nSPS) is 16.5. The summed E-state index contributed by atoms with van der Waals surface area (Å²) in [5.41, 5.74) is 2.52. The third kappa shape index (κ3) is 4.48. The van der Waals surface area contributed by atoms with Crippen LogP contribution in [-0.2, 0) is 16.0 Å². The lowest BCUT2D eigenvalue weighted by Crippen LogP contribution is -2.40. The predicted molar refractivity (Wildman–Crippen MR) is 109 cm³/mol. The van der Waals surface area contributed by atoms with Crippen molar-refractivity contribution in [2.45, 2.75) is 32.7 Å². The third-order valence-electron chi connectivity index (χ3n) is 4.73. The third-order valence-corrected chi connectivity index (χ3v) is 5.73. The van der Waals surface area contributed by atoms with Crippen LogP contribution in [0.3, 0.4) is 0 Å². The number of ether oxygens (including phenoxy) is 1. The molecule has 3 rings (SSSR count). The van der Waals surface area contributed by atoms with E-state index in [0.29, 0.717) is 23.7 Å². The van der Waals surface area contributed by atoms with Gasteiger partial charge < -0.3 is 15.4 Å². The Balaban J connectivity index is 1.71. The zero-order chi connectivity index (χ0) is 19.4. The van der Waals surface area contributed by atoms with Crippen LogP contribution in [0.25, 0.3) is 0 Å². The molecule has 0 radical (unpaired) electrons. The first-order valence-corrected chi connectivity index (χ1v) is 9.95. The summed E-state index contributed by atoms with van der Waals surface area (Å²) in [4.78, 5) is 27.6. The fourth-order valence-electron chi connectivity index (χ4n) is 3.58. The highest BCUT2D eigenvalue weighted by Gasteiger charge is 2.28. The number of nitrogens with zero attached hydrogens (tertiary/aromatic N) is 1. The lowest BCUT2D eigenvalue weighted by molar-refractivity contribution is -0.118. The monoisotopic (exact) mass is 387 g/mol. The summed E-state index contributed by atoms with van der Waals surface area (Å²) in [6.45, 7) is 4.80. The van der Waals surface area contributed by atoms with Gasteiger partial charge in [0.15, 0.2) is 0 Å². The topological polar surface area (TPSA) is 70.7 Å². The Kier molecular flexibility index (Phi) is 6.13. The van der Waals surface area contributed by atoms with E-state index >= 15 is 0 Å². The van der Waals surface area contributed by atoms with Gasteiger partial charge in [-0.2, -0.15) is 0 Å². The Morgan fingerprint density at radius 2 is 2.11 bits per heavy atom. The van der Waals surface area contributed by atoms with Gasteiger partial charge in [0.25, 0.3) is 0 Å². The molecule has 1 aromatic heterocycles. The van der Waals surface area contributed by atoms with Crippen molar-refractivity contribution in [2.24, 2.45) is 0 Å². The van der Waals surface area contributed by atoms with Crippen LogP contribution in [0, 0.1) is 0 Å². The molecule has 0 saturated carbocycles. The number of amides is 2. The summed E-state index contributed by atoms with van der Waals surface area (Å²) in [5.74, 6) is 0.303. The lowest BCUT2D eigenvalue weighted by atomic mass is 9.98. The molecule has 0 bridgehead atoms. The van der Waals surface area contributed by atoms with E-state index in [9.17, 15) is 9.59 Å². The van der Waals surface area contributed by atoms with Gasteiger partial charge in [0, 0.05) is 30.1 Å². The second kappa shape index (κ2) is 8.54. The zero-order valence-electron chi connectivity index (χ0n) is 15.9. The maximum Gasteiger partial charge on any atom is 0.238 e. The summed E-state index contributed by atoms with van der Waals surface area (Å²) in [6.07, 6.45) is 1.95. The first-order valence-electron chi connectivity index (χ1n) is 9.07. The molecule has 0 fully saturated rings. The summed E-state index contributed by atoms with van der Waals surface area (Å²) in [7, 11) is 1.55. The van der Waals surface area contributed by atoms with Gasteiger partial charge in [0.05, 0.1) is 19.3 Å². The number of hydrogen-bond donors (Lipinski definition) is 2. The average molecular weight is 388 g/mol. The molecule has 27 heavy (non-hydrogen) atoms. The van der Waals surface area contributed by atoms with Crippen LogP contribution in [0.1, 0.15) is 36.8 Å². The molecule has 0 aliphatic carbocycles. The van der Waals surface area contributed by atoms with Gasteiger partial charge in [0.1, 0.15) is 5.75 Å². The largest absolute Gasteiger partial charge is 0.495 e. The van der Waals surface area contributed by atoms with Crippen molar-refractivity contribution < 1.29 is 14.3 Å². The fraction of sp³-hybridized carbons (Fsp3) is 0.400. The molecular weight excluding hydrogens is 362 g/mol. The van der Waals surface area contributed by atoms with Gasteiger partial charge in [-0.25, -0.2) is 0 Å². The van der Waals surface area contributed by atoms with Crippen molar-refractivity contribution in [3.05, 3.63) is 40.1 Å². The van der Waals surface area contributed by atoms with E-state index in [1.54, 1.807) is 36.6 Å². The summed E-state index contributed by atoms with van der Waals surface area (Å²) in [5, 5.41) is 7.79. The number of nitrogens with one attached hydrogen (secondary N) is 2. The van der Waals surface area contributed by atoms with Gasteiger partial charge >= 0.3 is 0 Å². The fourth-order valence-corrected chi connectivity index (χ4v) is 4.50. The Morgan fingerprint density at radius 1 is 1.30 bits per heavy atom. The summed E-state index contributed by atoms with van der Waals surface area (Å²) in [6, 6.07) is 7.64. The molecule has 0 spiro atoms. The molecule has 1 aromatic carbocycles. The molecule has 2 aromatic rings. The molecule has 1 aliphatic rings. The molecule has 7 heteroatoms. The molecule has 6 nitrogen and oxygen atoms in total. The molecule has 2 amide bonds. The molecule has 2 heterocycles. The number of benzene rings is 1. The van der Waals surface area contributed by atoms with Crippen LogP contribution in [0.5, 0.6) is 5.75 Å². The molecular formula is C20H25N3O3S. The zero-order valence-corrected chi connectivity index (χ0v) is 16.7. The van der Waals surface area contributed by atoms with E-state index in [1.807, 2.05) is 0 Å². The van der Waals surface area contributed by atoms with Gasteiger partial charge in [0.2, 0.25) is 11.8 Å².